The maximum Gasteiger partial charge on any atom is 0.249 e. The molecule has 328 valence electrons. The number of aliphatic hydroxyl groups excluding tert-OH is 7. The zero-order valence-electron chi connectivity index (χ0n) is 35.1. The number of hydrogen-bond acceptors (Lipinski definition) is 10. The summed E-state index contributed by atoms with van der Waals surface area (Å²) in [5.74, 6) is -0.749. The van der Waals surface area contributed by atoms with E-state index in [0.717, 1.165) is 32.1 Å². The van der Waals surface area contributed by atoms with Crippen LogP contribution in [0, 0.1) is 0 Å². The van der Waals surface area contributed by atoms with Crippen LogP contribution < -0.4 is 5.32 Å². The lowest BCUT2D eigenvalue weighted by molar-refractivity contribution is -0.303. The molecule has 1 aliphatic heterocycles. The van der Waals surface area contributed by atoms with E-state index < -0.39 is 74.2 Å². The summed E-state index contributed by atoms with van der Waals surface area (Å²) < 4.78 is 11.0. The first-order valence-corrected chi connectivity index (χ1v) is 22.4. The fraction of sp³-hybridized carbons (Fsp3) is 0.844. The van der Waals surface area contributed by atoms with Crippen molar-refractivity contribution in [2.45, 2.75) is 229 Å². The summed E-state index contributed by atoms with van der Waals surface area (Å²) in [7, 11) is 0. The molecule has 0 aliphatic carbocycles. The molecule has 1 amide bonds. The van der Waals surface area contributed by atoms with Gasteiger partial charge in [0.2, 0.25) is 5.91 Å². The van der Waals surface area contributed by atoms with Gasteiger partial charge in [0.25, 0.3) is 0 Å². The van der Waals surface area contributed by atoms with Crippen molar-refractivity contribution in [3.8, 4) is 0 Å². The molecule has 9 unspecified atom stereocenters. The van der Waals surface area contributed by atoms with Gasteiger partial charge in [0, 0.05) is 0 Å². The Morgan fingerprint density at radius 3 is 1.61 bits per heavy atom. The fourth-order valence-electron chi connectivity index (χ4n) is 6.87. The highest BCUT2D eigenvalue weighted by atomic mass is 16.7. The van der Waals surface area contributed by atoms with Gasteiger partial charge in [-0.15, -0.1) is 0 Å². The third-order valence-corrected chi connectivity index (χ3v) is 10.7. The smallest absolute Gasteiger partial charge is 0.249 e. The van der Waals surface area contributed by atoms with E-state index in [9.17, 15) is 40.5 Å². The van der Waals surface area contributed by atoms with Crippen molar-refractivity contribution >= 4 is 5.91 Å². The van der Waals surface area contributed by atoms with Gasteiger partial charge in [0.05, 0.1) is 25.4 Å². The predicted octanol–water partition coefficient (Wildman–Crippen LogP) is 6.83. The molecular formula is C45H83NO10. The summed E-state index contributed by atoms with van der Waals surface area (Å²) >= 11 is 0. The molecule has 0 aromatic heterocycles. The van der Waals surface area contributed by atoms with Crippen LogP contribution in [0.25, 0.3) is 0 Å². The summed E-state index contributed by atoms with van der Waals surface area (Å²) in [4.78, 5) is 12.9. The maximum absolute atomic E-state index is 12.9. The van der Waals surface area contributed by atoms with Crippen LogP contribution in [0.4, 0.5) is 0 Å². The lowest BCUT2D eigenvalue weighted by atomic mass is 9.99. The summed E-state index contributed by atoms with van der Waals surface area (Å²) in [5, 5.41) is 75.2. The first kappa shape index (κ1) is 52.3. The standard InChI is InChI=1S/C45H83NO10/c1-3-5-7-9-11-13-14-15-16-17-18-19-20-21-22-23-24-25-27-28-30-32-37(48)40(50)36(35-55-45-43(53)42(52)41(51)39(34-47)56-45)46-44(54)38(49)33-31-29-26-12-10-8-6-4-2/h21-22,25-27,29,36-43,45,47-53H,3-20,23-24,28,30-35H2,1-2H3,(H,46,54)/b22-21+,27-25+,29-26-. The Labute approximate surface area is 339 Å². The lowest BCUT2D eigenvalue weighted by Crippen LogP contribution is -2.60. The lowest BCUT2D eigenvalue weighted by Gasteiger charge is -2.40. The molecule has 11 nitrogen and oxygen atoms in total. The number of nitrogens with one attached hydrogen (secondary N) is 1. The van der Waals surface area contributed by atoms with E-state index in [2.05, 4.69) is 43.5 Å². The summed E-state index contributed by atoms with van der Waals surface area (Å²) in [6.45, 7) is 3.33. The third kappa shape index (κ3) is 25.0. The van der Waals surface area contributed by atoms with E-state index >= 15 is 0 Å². The molecule has 1 heterocycles. The fourth-order valence-corrected chi connectivity index (χ4v) is 6.87. The largest absolute Gasteiger partial charge is 0.394 e. The Balaban J connectivity index is 2.46. The van der Waals surface area contributed by atoms with Gasteiger partial charge in [-0.1, -0.05) is 140 Å². The number of allylic oxidation sites excluding steroid dienone is 6. The normalized spacial score (nSPS) is 22.6. The van der Waals surface area contributed by atoms with Crippen LogP contribution in [0.15, 0.2) is 36.5 Å². The Morgan fingerprint density at radius 2 is 1.07 bits per heavy atom. The first-order chi connectivity index (χ1) is 27.2. The second-order valence-electron chi connectivity index (χ2n) is 15.7. The topological polar surface area (TPSA) is 189 Å². The SMILES string of the molecule is CCCCCC/C=C\CCC(O)C(=O)NC(COC1OC(CO)C(O)C(O)C1O)C(O)C(O)CCC/C=C/CC/C=C/CCCCCCCCCCCCCC. The Kier molecular flexibility index (Phi) is 33.0. The molecular weight excluding hydrogens is 714 g/mol. The Hall–Kier alpha value is -1.67. The number of ether oxygens (including phenoxy) is 2. The van der Waals surface area contributed by atoms with Gasteiger partial charge in [0.1, 0.15) is 36.6 Å². The highest BCUT2D eigenvalue weighted by molar-refractivity contribution is 5.80. The van der Waals surface area contributed by atoms with Gasteiger partial charge in [0.15, 0.2) is 6.29 Å². The molecule has 8 N–H and O–H groups in total. The summed E-state index contributed by atoms with van der Waals surface area (Å²) in [6.07, 6.45) is 28.1. The van der Waals surface area contributed by atoms with Crippen molar-refractivity contribution in [2.75, 3.05) is 13.2 Å². The van der Waals surface area contributed by atoms with Gasteiger partial charge in [-0.05, 0) is 70.6 Å². The van der Waals surface area contributed by atoms with Gasteiger partial charge in [-0.25, -0.2) is 0 Å². The number of hydrogen-bond donors (Lipinski definition) is 8. The van der Waals surface area contributed by atoms with Crippen LogP contribution in [0.5, 0.6) is 0 Å². The second kappa shape index (κ2) is 35.3. The highest BCUT2D eigenvalue weighted by Crippen LogP contribution is 2.23. The first-order valence-electron chi connectivity index (χ1n) is 22.4. The van der Waals surface area contributed by atoms with E-state index in [4.69, 9.17) is 9.47 Å². The number of aliphatic hydroxyl groups is 7. The van der Waals surface area contributed by atoms with Crippen LogP contribution in [-0.4, -0.2) is 110 Å². The summed E-state index contributed by atoms with van der Waals surface area (Å²) in [5.41, 5.74) is 0. The molecule has 11 heteroatoms. The molecule has 9 atom stereocenters. The molecule has 0 radical (unpaired) electrons. The van der Waals surface area contributed by atoms with E-state index in [1.54, 1.807) is 0 Å². The molecule has 1 saturated heterocycles. The number of carbonyl (C=O) groups excluding carboxylic acids is 1. The molecule has 0 bridgehead atoms. The number of amides is 1. The van der Waals surface area contributed by atoms with E-state index in [1.807, 2.05) is 12.2 Å². The average molecular weight is 798 g/mol. The Morgan fingerprint density at radius 1 is 0.607 bits per heavy atom. The van der Waals surface area contributed by atoms with Crippen LogP contribution in [-0.2, 0) is 14.3 Å². The summed E-state index contributed by atoms with van der Waals surface area (Å²) in [6, 6.07) is -1.20. The van der Waals surface area contributed by atoms with Crippen molar-refractivity contribution in [3.63, 3.8) is 0 Å². The zero-order valence-corrected chi connectivity index (χ0v) is 35.1. The van der Waals surface area contributed by atoms with E-state index in [0.29, 0.717) is 19.3 Å². The van der Waals surface area contributed by atoms with Crippen LogP contribution in [0.3, 0.4) is 0 Å². The van der Waals surface area contributed by atoms with Crippen LogP contribution in [0.2, 0.25) is 0 Å². The molecule has 1 fully saturated rings. The monoisotopic (exact) mass is 798 g/mol. The minimum absolute atomic E-state index is 0.164. The molecule has 1 aliphatic rings. The van der Waals surface area contributed by atoms with E-state index in [-0.39, 0.29) is 12.8 Å². The van der Waals surface area contributed by atoms with Gasteiger partial charge >= 0.3 is 0 Å². The number of rotatable bonds is 36. The molecule has 1 rings (SSSR count). The van der Waals surface area contributed by atoms with Crippen molar-refractivity contribution in [2.24, 2.45) is 0 Å². The van der Waals surface area contributed by atoms with Crippen molar-refractivity contribution in [1.82, 2.24) is 5.32 Å². The highest BCUT2D eigenvalue weighted by Gasteiger charge is 2.44. The average Bonchev–Trinajstić information content (AvgIpc) is 3.20. The quantitative estimate of drug-likeness (QED) is 0.0247. The molecule has 0 aromatic carbocycles. The minimum Gasteiger partial charge on any atom is -0.394 e. The molecule has 56 heavy (non-hydrogen) atoms. The van der Waals surface area contributed by atoms with Gasteiger partial charge in [-0.3, -0.25) is 4.79 Å². The minimum atomic E-state index is -1.67. The Bertz CT molecular complexity index is 1010. The number of carbonyl (C=O) groups is 1. The van der Waals surface area contributed by atoms with Crippen LogP contribution >= 0.6 is 0 Å². The molecule has 0 saturated carbocycles. The van der Waals surface area contributed by atoms with Crippen molar-refractivity contribution in [3.05, 3.63) is 36.5 Å². The van der Waals surface area contributed by atoms with Crippen molar-refractivity contribution < 1.29 is 50.0 Å². The number of unbranched alkanes of at least 4 members (excludes halogenated alkanes) is 18. The predicted molar refractivity (Wildman–Crippen MR) is 224 cm³/mol. The van der Waals surface area contributed by atoms with Gasteiger partial charge in [-0.2, -0.15) is 0 Å². The zero-order chi connectivity index (χ0) is 41.2. The second-order valence-corrected chi connectivity index (χ2v) is 15.7. The molecule has 0 aromatic rings. The van der Waals surface area contributed by atoms with E-state index in [1.165, 1.54) is 96.3 Å². The third-order valence-electron chi connectivity index (χ3n) is 10.7. The van der Waals surface area contributed by atoms with Crippen LogP contribution in [0.1, 0.15) is 174 Å². The maximum atomic E-state index is 12.9. The molecule has 0 spiro atoms. The van der Waals surface area contributed by atoms with Gasteiger partial charge < -0.3 is 50.5 Å². The van der Waals surface area contributed by atoms with Crippen molar-refractivity contribution in [1.29, 1.82) is 0 Å².